The molecular weight excluding hydrogens is 460 g/mol. The highest BCUT2D eigenvalue weighted by molar-refractivity contribution is 5.96. The highest BCUT2D eigenvalue weighted by Gasteiger charge is 2.42. The summed E-state index contributed by atoms with van der Waals surface area (Å²) in [6.45, 7) is 6.42. The fourth-order valence-corrected chi connectivity index (χ4v) is 5.86. The van der Waals surface area contributed by atoms with Gasteiger partial charge in [-0.1, -0.05) is 13.8 Å². The summed E-state index contributed by atoms with van der Waals surface area (Å²) in [7, 11) is 5.44. The van der Waals surface area contributed by atoms with Crippen molar-refractivity contribution in [3.63, 3.8) is 0 Å². The predicted molar refractivity (Wildman–Crippen MR) is 137 cm³/mol. The summed E-state index contributed by atoms with van der Waals surface area (Å²) in [5.74, 6) is 0.282. The van der Waals surface area contributed by atoms with Crippen LogP contribution in [-0.4, -0.2) is 80.3 Å². The Bertz CT molecular complexity index is 1080. The summed E-state index contributed by atoms with van der Waals surface area (Å²) in [6.07, 6.45) is 6.57. The summed E-state index contributed by atoms with van der Waals surface area (Å²) in [5, 5.41) is 9.73. The summed E-state index contributed by atoms with van der Waals surface area (Å²) in [5.41, 5.74) is 3.00. The van der Waals surface area contributed by atoms with Crippen LogP contribution in [0.2, 0.25) is 0 Å². The number of hydrogen-bond donors (Lipinski definition) is 1. The monoisotopic (exact) mass is 498 g/mol. The summed E-state index contributed by atoms with van der Waals surface area (Å²) < 4.78 is 17.5. The molecule has 2 unspecified atom stereocenters. The Balaban J connectivity index is 1.73. The minimum atomic E-state index is -1.02. The fraction of sp³-hybridized carbons (Fsp3) is 0.571. The molecule has 0 saturated carbocycles. The van der Waals surface area contributed by atoms with Crippen LogP contribution in [0.4, 0.5) is 0 Å². The number of aldehydes is 1. The van der Waals surface area contributed by atoms with Crippen molar-refractivity contribution < 1.29 is 28.9 Å². The molecule has 196 valence electrons. The van der Waals surface area contributed by atoms with Crippen molar-refractivity contribution in [1.29, 1.82) is 0 Å². The summed E-state index contributed by atoms with van der Waals surface area (Å²) >= 11 is 0. The Kier molecular flexibility index (Phi) is 7.76. The zero-order valence-corrected chi connectivity index (χ0v) is 22.0. The largest absolute Gasteiger partial charge is 0.493 e. The number of benzene rings is 1. The maximum Gasteiger partial charge on any atom is 0.333 e. The van der Waals surface area contributed by atoms with E-state index in [0.29, 0.717) is 42.7 Å². The minimum Gasteiger partial charge on any atom is -0.493 e. The van der Waals surface area contributed by atoms with E-state index in [1.165, 1.54) is 12.8 Å². The molecule has 1 fully saturated rings. The standard InChI is InChI=1S/C28H38N2O6/c1-28(2,17-34-4)25-13-18-12-24(36-10-8-21-7-6-9-29(21)3)23(35-5)14-22(18)26-20(16-31)11-19(27(32)33)15-30(25)26/h12,14-16,21,25H,6-11,13,17H2,1-5H3,(H,32,33). The van der Waals surface area contributed by atoms with Gasteiger partial charge < -0.3 is 29.1 Å². The van der Waals surface area contributed by atoms with Gasteiger partial charge in [-0.2, -0.15) is 0 Å². The lowest BCUT2D eigenvalue weighted by molar-refractivity contribution is -0.132. The number of carbonyl (C=O) groups is 2. The van der Waals surface area contributed by atoms with Crippen molar-refractivity contribution in [2.45, 2.75) is 58.0 Å². The average molecular weight is 499 g/mol. The molecule has 1 aromatic carbocycles. The first-order valence-electron chi connectivity index (χ1n) is 12.6. The zero-order valence-electron chi connectivity index (χ0n) is 22.0. The SMILES string of the molecule is COCC(C)(C)C1Cc2cc(OCCC3CCCN3C)c(OC)cc2C2=C(C=O)CC(C(=O)O)=CN21. The highest BCUT2D eigenvalue weighted by atomic mass is 16.5. The van der Waals surface area contributed by atoms with Gasteiger partial charge in [-0.15, -0.1) is 0 Å². The van der Waals surface area contributed by atoms with Gasteiger partial charge in [-0.25, -0.2) is 4.79 Å². The highest BCUT2D eigenvalue weighted by Crippen LogP contribution is 2.47. The number of likely N-dealkylation sites (tertiary alicyclic amines) is 1. The zero-order chi connectivity index (χ0) is 26.0. The second-order valence-electron chi connectivity index (χ2n) is 10.8. The van der Waals surface area contributed by atoms with Crippen LogP contribution in [-0.2, 0) is 20.7 Å². The third-order valence-electron chi connectivity index (χ3n) is 7.85. The van der Waals surface area contributed by atoms with Crippen molar-refractivity contribution in [1.82, 2.24) is 9.80 Å². The number of carboxylic acid groups (broad SMARTS) is 1. The van der Waals surface area contributed by atoms with Crippen LogP contribution < -0.4 is 9.47 Å². The van der Waals surface area contributed by atoms with Crippen molar-refractivity contribution in [3.05, 3.63) is 40.6 Å². The lowest BCUT2D eigenvalue weighted by Crippen LogP contribution is -2.49. The second-order valence-corrected chi connectivity index (χ2v) is 10.8. The van der Waals surface area contributed by atoms with Gasteiger partial charge in [0.25, 0.3) is 0 Å². The molecule has 3 aliphatic rings. The number of hydrogen-bond acceptors (Lipinski definition) is 7. The van der Waals surface area contributed by atoms with Crippen molar-refractivity contribution in [2.24, 2.45) is 5.41 Å². The molecule has 0 spiro atoms. The summed E-state index contributed by atoms with van der Waals surface area (Å²) in [4.78, 5) is 28.4. The first-order chi connectivity index (χ1) is 17.2. The molecule has 1 N–H and O–H groups in total. The molecule has 1 saturated heterocycles. The van der Waals surface area contributed by atoms with E-state index in [-0.39, 0.29) is 23.5 Å². The third-order valence-corrected chi connectivity index (χ3v) is 7.85. The van der Waals surface area contributed by atoms with Crippen molar-refractivity contribution in [3.8, 4) is 11.5 Å². The van der Waals surface area contributed by atoms with E-state index < -0.39 is 5.97 Å². The van der Waals surface area contributed by atoms with Crippen LogP contribution in [0.5, 0.6) is 11.5 Å². The van der Waals surface area contributed by atoms with Crippen LogP contribution in [0.1, 0.15) is 50.7 Å². The minimum absolute atomic E-state index is 0.0804. The third kappa shape index (κ3) is 5.02. The Morgan fingerprint density at radius 2 is 2.03 bits per heavy atom. The fourth-order valence-electron chi connectivity index (χ4n) is 5.86. The first-order valence-corrected chi connectivity index (χ1v) is 12.6. The maximum absolute atomic E-state index is 12.2. The molecule has 1 aromatic rings. The van der Waals surface area contributed by atoms with E-state index in [9.17, 15) is 14.7 Å². The van der Waals surface area contributed by atoms with Crippen LogP contribution >= 0.6 is 0 Å². The van der Waals surface area contributed by atoms with Crippen LogP contribution in [0.15, 0.2) is 29.5 Å². The van der Waals surface area contributed by atoms with Gasteiger partial charge in [0, 0.05) is 48.4 Å². The van der Waals surface area contributed by atoms with Gasteiger partial charge in [0.15, 0.2) is 11.5 Å². The Hall–Kier alpha value is -2.84. The Morgan fingerprint density at radius 1 is 1.25 bits per heavy atom. The molecule has 3 aliphatic heterocycles. The lowest BCUT2D eigenvalue weighted by atomic mass is 9.75. The second kappa shape index (κ2) is 10.6. The Labute approximate surface area is 213 Å². The number of methoxy groups -OCH3 is 2. The molecule has 3 heterocycles. The summed E-state index contributed by atoms with van der Waals surface area (Å²) in [6, 6.07) is 4.39. The van der Waals surface area contributed by atoms with E-state index in [0.717, 1.165) is 36.1 Å². The maximum atomic E-state index is 12.2. The number of aliphatic carboxylic acids is 1. The topological polar surface area (TPSA) is 88.5 Å². The number of nitrogens with zero attached hydrogens (tertiary/aromatic N) is 2. The van der Waals surface area contributed by atoms with Gasteiger partial charge >= 0.3 is 5.97 Å². The lowest BCUT2D eigenvalue weighted by Gasteiger charge is -2.48. The van der Waals surface area contributed by atoms with Gasteiger partial charge in [-0.05, 0) is 57.0 Å². The van der Waals surface area contributed by atoms with E-state index in [2.05, 4.69) is 25.8 Å². The van der Waals surface area contributed by atoms with Crippen LogP contribution in [0.3, 0.4) is 0 Å². The molecular formula is C28H38N2O6. The molecule has 0 aliphatic carbocycles. The molecule has 0 aromatic heterocycles. The van der Waals surface area contributed by atoms with Crippen molar-refractivity contribution in [2.75, 3.05) is 41.0 Å². The van der Waals surface area contributed by atoms with Crippen LogP contribution in [0.25, 0.3) is 5.70 Å². The predicted octanol–water partition coefficient (Wildman–Crippen LogP) is 3.74. The van der Waals surface area contributed by atoms with Gasteiger partial charge in [0.1, 0.15) is 6.29 Å². The molecule has 0 radical (unpaired) electrons. The van der Waals surface area contributed by atoms with Crippen LogP contribution in [0, 0.1) is 5.41 Å². The molecule has 4 rings (SSSR count). The van der Waals surface area contributed by atoms with E-state index in [1.807, 2.05) is 17.0 Å². The van der Waals surface area contributed by atoms with Crippen molar-refractivity contribution >= 4 is 18.0 Å². The Morgan fingerprint density at radius 3 is 2.64 bits per heavy atom. The smallest absolute Gasteiger partial charge is 0.333 e. The number of carboxylic acids is 1. The number of carbonyl (C=O) groups excluding carboxylic acids is 1. The normalized spacial score (nSPS) is 22.1. The molecule has 0 amide bonds. The molecule has 0 bridgehead atoms. The van der Waals surface area contributed by atoms with E-state index >= 15 is 0 Å². The van der Waals surface area contributed by atoms with E-state index in [4.69, 9.17) is 14.2 Å². The van der Waals surface area contributed by atoms with Gasteiger partial charge in [-0.3, -0.25) is 4.79 Å². The van der Waals surface area contributed by atoms with E-state index in [1.54, 1.807) is 20.4 Å². The molecule has 2 atom stereocenters. The first kappa shape index (κ1) is 26.2. The van der Waals surface area contributed by atoms with Gasteiger partial charge in [0.2, 0.25) is 0 Å². The molecule has 8 nitrogen and oxygen atoms in total. The number of rotatable bonds is 10. The molecule has 8 heteroatoms. The quantitative estimate of drug-likeness (QED) is 0.488. The number of fused-ring (bicyclic) bond motifs is 3. The average Bonchev–Trinajstić information content (AvgIpc) is 3.26. The molecule has 36 heavy (non-hydrogen) atoms. The number of ether oxygens (including phenoxy) is 3. The van der Waals surface area contributed by atoms with Gasteiger partial charge in [0.05, 0.1) is 31.6 Å². The number of allylic oxidation sites excluding steroid dienone is 1.